The first-order valence-corrected chi connectivity index (χ1v) is 12.2. The predicted molar refractivity (Wildman–Crippen MR) is 136 cm³/mol. The van der Waals surface area contributed by atoms with E-state index >= 15 is 0 Å². The van der Waals surface area contributed by atoms with E-state index in [0.717, 1.165) is 18.7 Å². The molecule has 2 amide bonds. The van der Waals surface area contributed by atoms with Crippen molar-refractivity contribution in [3.05, 3.63) is 77.2 Å². The molecular formula is C28H29N3O6. The maximum absolute atomic E-state index is 12.9. The summed E-state index contributed by atoms with van der Waals surface area (Å²) in [4.78, 5) is 44.0. The number of hydrogen-bond acceptors (Lipinski definition) is 7. The number of piperazine rings is 1. The minimum atomic E-state index is -0.267. The number of likely N-dealkylation sites (N-methyl/N-ethyl adjacent to an activating group) is 1. The number of fused-ring (bicyclic) bond motifs is 1. The van der Waals surface area contributed by atoms with E-state index in [1.165, 1.54) is 4.90 Å². The average molecular weight is 504 g/mol. The van der Waals surface area contributed by atoms with Gasteiger partial charge in [0.15, 0.2) is 24.8 Å². The fraction of sp³-hybridized carbons (Fsp3) is 0.321. The highest BCUT2D eigenvalue weighted by Gasteiger charge is 2.29. The van der Waals surface area contributed by atoms with E-state index < -0.39 is 0 Å². The lowest BCUT2D eigenvalue weighted by atomic mass is 10.1. The number of Topliss-reactive ketones (excluding diaryl/α,β-unsaturated/α-hetero) is 1. The number of ether oxygens (including phenoxy) is 2. The van der Waals surface area contributed by atoms with Crippen LogP contribution < -0.4 is 14.4 Å². The Hall–Kier alpha value is -4.11. The predicted octanol–water partition coefficient (Wildman–Crippen LogP) is 3.16. The molecule has 0 atom stereocenters. The molecule has 3 heterocycles. The summed E-state index contributed by atoms with van der Waals surface area (Å²) < 4.78 is 17.1. The first kappa shape index (κ1) is 24.6. The first-order valence-electron chi connectivity index (χ1n) is 12.2. The fourth-order valence-electron chi connectivity index (χ4n) is 4.39. The van der Waals surface area contributed by atoms with Crippen molar-refractivity contribution in [3.8, 4) is 11.5 Å². The van der Waals surface area contributed by atoms with Crippen LogP contribution in [0.25, 0.3) is 0 Å². The third kappa shape index (κ3) is 5.36. The number of carbonyl (C=O) groups excluding carboxylic acids is 3. The van der Waals surface area contributed by atoms with Crippen molar-refractivity contribution in [2.24, 2.45) is 0 Å². The van der Waals surface area contributed by atoms with Crippen LogP contribution in [0.4, 0.5) is 5.69 Å². The van der Waals surface area contributed by atoms with Gasteiger partial charge in [-0.25, -0.2) is 0 Å². The minimum Gasteiger partial charge on any atom is -0.485 e. The largest absolute Gasteiger partial charge is 0.485 e. The summed E-state index contributed by atoms with van der Waals surface area (Å²) >= 11 is 0. The van der Waals surface area contributed by atoms with Gasteiger partial charge in [-0.05, 0) is 55.9 Å². The molecule has 0 N–H and O–H groups in total. The number of nitrogens with zero attached hydrogens (tertiary/aromatic N) is 3. The Labute approximate surface area is 215 Å². The van der Waals surface area contributed by atoms with Crippen molar-refractivity contribution < 1.29 is 28.3 Å². The summed E-state index contributed by atoms with van der Waals surface area (Å²) in [5, 5.41) is 0. The fourth-order valence-corrected chi connectivity index (χ4v) is 4.39. The highest BCUT2D eigenvalue weighted by atomic mass is 16.5. The van der Waals surface area contributed by atoms with Crippen LogP contribution >= 0.6 is 0 Å². The van der Waals surface area contributed by atoms with E-state index in [0.29, 0.717) is 41.6 Å². The van der Waals surface area contributed by atoms with Gasteiger partial charge in [0.25, 0.3) is 11.8 Å². The zero-order chi connectivity index (χ0) is 25.9. The molecule has 2 aromatic carbocycles. The van der Waals surface area contributed by atoms with Crippen LogP contribution in [0.2, 0.25) is 0 Å². The number of furan rings is 1. The normalized spacial score (nSPS) is 15.8. The van der Waals surface area contributed by atoms with Gasteiger partial charge in [0.05, 0.1) is 12.2 Å². The van der Waals surface area contributed by atoms with Gasteiger partial charge in [-0.15, -0.1) is 0 Å². The Morgan fingerprint density at radius 2 is 1.78 bits per heavy atom. The molecular weight excluding hydrogens is 474 g/mol. The van der Waals surface area contributed by atoms with Crippen molar-refractivity contribution in [2.75, 3.05) is 51.3 Å². The van der Waals surface area contributed by atoms with E-state index in [1.807, 2.05) is 38.2 Å². The molecule has 1 aromatic heterocycles. The Bertz CT molecular complexity index is 1320. The van der Waals surface area contributed by atoms with Gasteiger partial charge in [0.2, 0.25) is 0 Å². The topological polar surface area (TPSA) is 92.5 Å². The lowest BCUT2D eigenvalue weighted by molar-refractivity contribution is -0.121. The molecule has 5 rings (SSSR count). The van der Waals surface area contributed by atoms with E-state index in [2.05, 4.69) is 4.90 Å². The Kier molecular flexibility index (Phi) is 6.96. The maximum Gasteiger partial charge on any atom is 0.289 e. The second-order valence-electron chi connectivity index (χ2n) is 9.29. The number of para-hydroxylation sites is 1. The van der Waals surface area contributed by atoms with Gasteiger partial charge in [-0.2, -0.15) is 0 Å². The molecule has 0 saturated carbocycles. The summed E-state index contributed by atoms with van der Waals surface area (Å²) in [6.07, 6.45) is 0. The lowest BCUT2D eigenvalue weighted by Gasteiger charge is -2.31. The molecule has 0 spiro atoms. The van der Waals surface area contributed by atoms with E-state index in [4.69, 9.17) is 13.9 Å². The van der Waals surface area contributed by atoms with Crippen LogP contribution in [-0.2, 0) is 11.3 Å². The molecule has 0 aliphatic carbocycles. The molecule has 0 unspecified atom stereocenters. The Morgan fingerprint density at radius 1 is 1.00 bits per heavy atom. The SMILES string of the molecule is Cc1ccccc1OCC(=O)c1ccc2c(c1)N(Cc1ccc(C(=O)N3CCN(C)CC3)o1)C(=O)CO2. The third-order valence-electron chi connectivity index (χ3n) is 6.65. The van der Waals surface area contributed by atoms with Crippen LogP contribution in [-0.4, -0.2) is 73.8 Å². The summed E-state index contributed by atoms with van der Waals surface area (Å²) in [6, 6.07) is 15.8. The average Bonchev–Trinajstić information content (AvgIpc) is 3.38. The molecule has 192 valence electrons. The maximum atomic E-state index is 12.9. The highest BCUT2D eigenvalue weighted by Crippen LogP contribution is 2.34. The van der Waals surface area contributed by atoms with Gasteiger partial charge in [0, 0.05) is 31.7 Å². The monoisotopic (exact) mass is 503 g/mol. The molecule has 0 bridgehead atoms. The molecule has 1 fully saturated rings. The van der Waals surface area contributed by atoms with Crippen molar-refractivity contribution in [1.82, 2.24) is 9.80 Å². The summed E-state index contributed by atoms with van der Waals surface area (Å²) in [5.41, 5.74) is 1.82. The van der Waals surface area contributed by atoms with Crippen LogP contribution in [0.3, 0.4) is 0 Å². The van der Waals surface area contributed by atoms with E-state index in [-0.39, 0.29) is 43.1 Å². The number of ketones is 1. The van der Waals surface area contributed by atoms with Gasteiger partial charge < -0.3 is 23.7 Å². The molecule has 37 heavy (non-hydrogen) atoms. The summed E-state index contributed by atoms with van der Waals surface area (Å²) in [7, 11) is 2.03. The smallest absolute Gasteiger partial charge is 0.289 e. The second kappa shape index (κ2) is 10.5. The zero-order valence-electron chi connectivity index (χ0n) is 20.9. The van der Waals surface area contributed by atoms with Gasteiger partial charge in [-0.3, -0.25) is 19.3 Å². The molecule has 3 aromatic rings. The number of carbonyl (C=O) groups is 3. The van der Waals surface area contributed by atoms with Crippen molar-refractivity contribution in [2.45, 2.75) is 13.5 Å². The summed E-state index contributed by atoms with van der Waals surface area (Å²) in [5.74, 6) is 1.22. The molecule has 1 saturated heterocycles. The lowest BCUT2D eigenvalue weighted by Crippen LogP contribution is -2.47. The Balaban J connectivity index is 1.30. The van der Waals surface area contributed by atoms with E-state index in [9.17, 15) is 14.4 Å². The van der Waals surface area contributed by atoms with Crippen LogP contribution in [0.5, 0.6) is 11.5 Å². The van der Waals surface area contributed by atoms with Crippen LogP contribution in [0.1, 0.15) is 32.2 Å². The van der Waals surface area contributed by atoms with Gasteiger partial charge in [-0.1, -0.05) is 18.2 Å². The Morgan fingerprint density at radius 3 is 2.57 bits per heavy atom. The number of amides is 2. The van der Waals surface area contributed by atoms with Crippen molar-refractivity contribution >= 4 is 23.3 Å². The quantitative estimate of drug-likeness (QED) is 0.458. The number of rotatable bonds is 7. The standard InChI is InChI=1S/C28H29N3O6/c1-19-5-3-4-6-24(19)35-17-23(32)20-7-9-25-22(15-20)31(27(33)18-36-25)16-21-8-10-26(37-21)28(34)30-13-11-29(2)12-14-30/h3-10,15H,11-14,16-18H2,1-2H3. The van der Waals surface area contributed by atoms with Crippen molar-refractivity contribution in [1.29, 1.82) is 0 Å². The highest BCUT2D eigenvalue weighted by molar-refractivity contribution is 6.02. The van der Waals surface area contributed by atoms with Crippen LogP contribution in [0, 0.1) is 6.92 Å². The first-order chi connectivity index (χ1) is 17.9. The van der Waals surface area contributed by atoms with Gasteiger partial charge in [0.1, 0.15) is 17.3 Å². The molecule has 2 aliphatic heterocycles. The molecule has 2 aliphatic rings. The number of aryl methyl sites for hydroxylation is 1. The minimum absolute atomic E-state index is 0.114. The summed E-state index contributed by atoms with van der Waals surface area (Å²) in [6.45, 7) is 4.70. The zero-order valence-corrected chi connectivity index (χ0v) is 20.9. The van der Waals surface area contributed by atoms with Gasteiger partial charge >= 0.3 is 0 Å². The molecule has 9 nitrogen and oxygen atoms in total. The molecule has 0 radical (unpaired) electrons. The second-order valence-corrected chi connectivity index (χ2v) is 9.29. The third-order valence-corrected chi connectivity index (χ3v) is 6.65. The number of benzene rings is 2. The number of anilines is 1. The van der Waals surface area contributed by atoms with E-state index in [1.54, 1.807) is 35.2 Å². The van der Waals surface area contributed by atoms with Crippen molar-refractivity contribution in [3.63, 3.8) is 0 Å². The number of hydrogen-bond donors (Lipinski definition) is 0. The molecule has 9 heteroatoms. The van der Waals surface area contributed by atoms with Crippen LogP contribution in [0.15, 0.2) is 59.0 Å².